The van der Waals surface area contributed by atoms with Gasteiger partial charge in [-0.15, -0.1) is 0 Å². The molecular formula is C20H22N2O. The predicted molar refractivity (Wildman–Crippen MR) is 94.2 cm³/mol. The van der Waals surface area contributed by atoms with E-state index in [2.05, 4.69) is 32.9 Å². The summed E-state index contributed by atoms with van der Waals surface area (Å²) in [4.78, 5) is 0. The van der Waals surface area contributed by atoms with Crippen LogP contribution in [0.2, 0.25) is 0 Å². The van der Waals surface area contributed by atoms with Crippen LogP contribution in [-0.4, -0.2) is 14.9 Å². The third-order valence-corrected chi connectivity index (χ3v) is 4.12. The number of nitrogens with zero attached hydrogens (tertiary/aromatic N) is 2. The average molecular weight is 306 g/mol. The van der Waals surface area contributed by atoms with Crippen LogP contribution in [0.5, 0.6) is 5.88 Å². The summed E-state index contributed by atoms with van der Waals surface area (Å²) in [6.07, 6.45) is 0. The van der Waals surface area contributed by atoms with Crippen LogP contribution in [0, 0.1) is 13.8 Å². The van der Waals surface area contributed by atoms with E-state index in [1.165, 1.54) is 5.56 Å². The molecule has 1 aromatic heterocycles. The van der Waals surface area contributed by atoms with Crippen molar-refractivity contribution < 1.29 is 5.11 Å². The second kappa shape index (κ2) is 5.92. The van der Waals surface area contributed by atoms with Gasteiger partial charge in [0.05, 0.1) is 16.9 Å². The van der Waals surface area contributed by atoms with Gasteiger partial charge in [-0.3, -0.25) is 0 Å². The number of hydrogen-bond donors (Lipinski definition) is 1. The van der Waals surface area contributed by atoms with Crippen molar-refractivity contribution in [2.45, 2.75) is 33.6 Å². The third-order valence-electron chi connectivity index (χ3n) is 4.12. The zero-order valence-electron chi connectivity index (χ0n) is 14.0. The van der Waals surface area contributed by atoms with Gasteiger partial charge >= 0.3 is 0 Å². The normalized spacial score (nSPS) is 11.2. The van der Waals surface area contributed by atoms with Crippen molar-refractivity contribution in [2.75, 3.05) is 0 Å². The SMILES string of the molecule is Cc1ccc(-c2c(C(C)C)nn(-c3ccccc3C)c2O)cc1. The predicted octanol–water partition coefficient (Wildman–Crippen LogP) is 4.99. The van der Waals surface area contributed by atoms with E-state index in [4.69, 9.17) is 5.10 Å². The fraction of sp³-hybridized carbons (Fsp3) is 0.250. The van der Waals surface area contributed by atoms with Crippen LogP contribution in [0.1, 0.15) is 36.6 Å². The van der Waals surface area contributed by atoms with Crippen LogP contribution in [0.4, 0.5) is 0 Å². The molecule has 3 aromatic rings. The number of para-hydroxylation sites is 1. The van der Waals surface area contributed by atoms with Crippen LogP contribution in [0.25, 0.3) is 16.8 Å². The average Bonchev–Trinajstić information content (AvgIpc) is 2.86. The van der Waals surface area contributed by atoms with Gasteiger partial charge in [0.2, 0.25) is 5.88 Å². The van der Waals surface area contributed by atoms with Crippen LogP contribution in [0.15, 0.2) is 48.5 Å². The Balaban J connectivity index is 2.24. The summed E-state index contributed by atoms with van der Waals surface area (Å²) in [6, 6.07) is 16.2. The molecule has 0 bridgehead atoms. The van der Waals surface area contributed by atoms with Crippen molar-refractivity contribution in [1.82, 2.24) is 9.78 Å². The lowest BCUT2D eigenvalue weighted by atomic mass is 9.99. The van der Waals surface area contributed by atoms with E-state index >= 15 is 0 Å². The third kappa shape index (κ3) is 2.74. The van der Waals surface area contributed by atoms with Gasteiger partial charge in [-0.2, -0.15) is 5.10 Å². The fourth-order valence-corrected chi connectivity index (χ4v) is 2.80. The van der Waals surface area contributed by atoms with Gasteiger partial charge in [0, 0.05) is 0 Å². The Morgan fingerprint density at radius 2 is 1.61 bits per heavy atom. The molecule has 0 aliphatic rings. The van der Waals surface area contributed by atoms with Gasteiger partial charge in [0.1, 0.15) is 0 Å². The van der Waals surface area contributed by atoms with E-state index in [0.29, 0.717) is 0 Å². The lowest BCUT2D eigenvalue weighted by Gasteiger charge is -2.07. The number of benzene rings is 2. The minimum Gasteiger partial charge on any atom is -0.493 e. The zero-order chi connectivity index (χ0) is 16.6. The molecule has 0 aliphatic heterocycles. The maximum Gasteiger partial charge on any atom is 0.222 e. The quantitative estimate of drug-likeness (QED) is 0.740. The Kier molecular flexibility index (Phi) is 3.95. The standard InChI is InChI=1S/C20H22N2O/c1-13(2)19-18(16-11-9-14(3)10-12-16)20(23)22(21-19)17-8-6-5-7-15(17)4/h5-13,23H,1-4H3. The van der Waals surface area contributed by atoms with Crippen LogP contribution < -0.4 is 0 Å². The van der Waals surface area contributed by atoms with Crippen LogP contribution >= 0.6 is 0 Å². The van der Waals surface area contributed by atoms with Crippen molar-refractivity contribution in [3.05, 3.63) is 65.4 Å². The van der Waals surface area contributed by atoms with E-state index < -0.39 is 0 Å². The maximum absolute atomic E-state index is 10.9. The molecule has 0 atom stereocenters. The summed E-state index contributed by atoms with van der Waals surface area (Å²) in [6.45, 7) is 8.28. The lowest BCUT2D eigenvalue weighted by molar-refractivity contribution is 0.435. The van der Waals surface area contributed by atoms with Gasteiger partial charge in [0.25, 0.3) is 0 Å². The van der Waals surface area contributed by atoms with Crippen molar-refractivity contribution in [2.24, 2.45) is 0 Å². The number of aromatic nitrogens is 2. The summed E-state index contributed by atoms with van der Waals surface area (Å²) in [5, 5.41) is 15.6. The molecule has 0 fully saturated rings. The van der Waals surface area contributed by atoms with Crippen LogP contribution in [-0.2, 0) is 0 Å². The van der Waals surface area contributed by atoms with Crippen molar-refractivity contribution >= 4 is 0 Å². The summed E-state index contributed by atoms with van der Waals surface area (Å²) in [5.41, 5.74) is 5.92. The van der Waals surface area contributed by atoms with Crippen molar-refractivity contribution in [3.8, 4) is 22.7 Å². The molecule has 0 amide bonds. The smallest absolute Gasteiger partial charge is 0.222 e. The minimum absolute atomic E-state index is 0.201. The molecule has 1 heterocycles. The molecule has 0 unspecified atom stereocenters. The highest BCUT2D eigenvalue weighted by molar-refractivity contribution is 5.73. The number of hydrogen-bond acceptors (Lipinski definition) is 2. The van der Waals surface area contributed by atoms with E-state index in [9.17, 15) is 5.11 Å². The first kappa shape index (κ1) is 15.3. The number of rotatable bonds is 3. The molecule has 118 valence electrons. The Hall–Kier alpha value is -2.55. The molecular weight excluding hydrogens is 284 g/mol. The Bertz CT molecular complexity index is 829. The van der Waals surface area contributed by atoms with Gasteiger partial charge < -0.3 is 5.11 Å². The summed E-state index contributed by atoms with van der Waals surface area (Å²) in [5.74, 6) is 0.425. The topological polar surface area (TPSA) is 38.0 Å². The van der Waals surface area contributed by atoms with Crippen LogP contribution in [0.3, 0.4) is 0 Å². The zero-order valence-corrected chi connectivity index (χ0v) is 14.0. The highest BCUT2D eigenvalue weighted by atomic mass is 16.3. The number of aromatic hydroxyl groups is 1. The van der Waals surface area contributed by atoms with Gasteiger partial charge in [-0.1, -0.05) is 61.9 Å². The second-order valence-corrected chi connectivity index (χ2v) is 6.30. The molecule has 1 N–H and O–H groups in total. The molecule has 3 nitrogen and oxygen atoms in total. The first-order valence-electron chi connectivity index (χ1n) is 7.94. The molecule has 0 aliphatic carbocycles. The largest absolute Gasteiger partial charge is 0.493 e. The minimum atomic E-state index is 0.201. The van der Waals surface area contributed by atoms with E-state index in [-0.39, 0.29) is 11.8 Å². The van der Waals surface area contributed by atoms with E-state index in [0.717, 1.165) is 28.1 Å². The Labute approximate surface area is 137 Å². The van der Waals surface area contributed by atoms with E-state index in [1.807, 2.05) is 43.3 Å². The molecule has 3 rings (SSSR count). The summed E-state index contributed by atoms with van der Waals surface area (Å²) in [7, 11) is 0. The number of aryl methyl sites for hydroxylation is 2. The highest BCUT2D eigenvalue weighted by Crippen LogP contribution is 2.38. The first-order valence-corrected chi connectivity index (χ1v) is 7.94. The Morgan fingerprint density at radius 1 is 0.957 bits per heavy atom. The molecule has 0 spiro atoms. The molecule has 3 heteroatoms. The fourth-order valence-electron chi connectivity index (χ4n) is 2.80. The summed E-state index contributed by atoms with van der Waals surface area (Å²) >= 11 is 0. The van der Waals surface area contributed by atoms with Gasteiger partial charge in [-0.25, -0.2) is 4.68 Å². The monoisotopic (exact) mass is 306 g/mol. The van der Waals surface area contributed by atoms with Gasteiger partial charge in [0.15, 0.2) is 0 Å². The molecule has 0 radical (unpaired) electrons. The molecule has 2 aromatic carbocycles. The highest BCUT2D eigenvalue weighted by Gasteiger charge is 2.22. The second-order valence-electron chi connectivity index (χ2n) is 6.30. The van der Waals surface area contributed by atoms with Crippen molar-refractivity contribution in [1.29, 1.82) is 0 Å². The maximum atomic E-state index is 10.9. The molecule has 0 saturated carbocycles. The first-order chi connectivity index (χ1) is 11.0. The summed E-state index contributed by atoms with van der Waals surface area (Å²) < 4.78 is 1.65. The van der Waals surface area contributed by atoms with Gasteiger partial charge in [-0.05, 0) is 37.0 Å². The van der Waals surface area contributed by atoms with Crippen molar-refractivity contribution in [3.63, 3.8) is 0 Å². The molecule has 23 heavy (non-hydrogen) atoms. The molecule has 0 saturated heterocycles. The lowest BCUT2D eigenvalue weighted by Crippen LogP contribution is -1.99. The Morgan fingerprint density at radius 3 is 2.22 bits per heavy atom. The van der Waals surface area contributed by atoms with E-state index in [1.54, 1.807) is 4.68 Å².